The van der Waals surface area contributed by atoms with Crippen LogP contribution in [0, 0.1) is 0 Å². The van der Waals surface area contributed by atoms with Gasteiger partial charge < -0.3 is 14.4 Å². The molecule has 3 rings (SSSR count). The maximum absolute atomic E-state index is 11.0. The Morgan fingerprint density at radius 3 is 2.77 bits per heavy atom. The van der Waals surface area contributed by atoms with Crippen LogP contribution in [0.25, 0.3) is 0 Å². The minimum Gasteiger partial charge on any atom is -0.426 e. The first-order chi connectivity index (χ1) is 12.7. The molecule has 3 aromatic rings. The highest BCUT2D eigenvalue weighted by Gasteiger charge is 2.17. The van der Waals surface area contributed by atoms with E-state index < -0.39 is 0 Å². The fraction of sp³-hybridized carbons (Fsp3) is 0.167. The van der Waals surface area contributed by atoms with Gasteiger partial charge in [-0.15, -0.1) is 0 Å². The van der Waals surface area contributed by atoms with Gasteiger partial charge in [0.2, 0.25) is 5.13 Å². The van der Waals surface area contributed by atoms with Gasteiger partial charge in [0.25, 0.3) is 6.47 Å². The van der Waals surface area contributed by atoms with E-state index in [9.17, 15) is 4.79 Å². The SMILES string of the molecule is CC(c1ccccc1)N(C)c1ccc(SNc2ncns2)cc1OC=O. The summed E-state index contributed by atoms with van der Waals surface area (Å²) in [6.45, 7) is 2.56. The molecule has 2 aromatic carbocycles. The maximum atomic E-state index is 11.0. The van der Waals surface area contributed by atoms with Crippen LogP contribution in [0.3, 0.4) is 0 Å². The summed E-state index contributed by atoms with van der Waals surface area (Å²) in [5.41, 5.74) is 2.03. The van der Waals surface area contributed by atoms with Crippen molar-refractivity contribution in [3.8, 4) is 5.75 Å². The second-order valence-corrected chi connectivity index (χ2v) is 7.15. The van der Waals surface area contributed by atoms with Crippen molar-refractivity contribution in [3.05, 3.63) is 60.4 Å². The molecule has 0 saturated carbocycles. The number of hydrogen-bond donors (Lipinski definition) is 1. The van der Waals surface area contributed by atoms with Crippen LogP contribution in [-0.4, -0.2) is 22.9 Å². The van der Waals surface area contributed by atoms with Crippen LogP contribution in [0.4, 0.5) is 10.8 Å². The summed E-state index contributed by atoms with van der Waals surface area (Å²) in [7, 11) is 1.98. The molecule has 0 saturated heterocycles. The van der Waals surface area contributed by atoms with Crippen molar-refractivity contribution in [3.63, 3.8) is 0 Å². The minimum atomic E-state index is 0.128. The van der Waals surface area contributed by atoms with Crippen LogP contribution in [-0.2, 0) is 4.79 Å². The molecule has 1 unspecified atom stereocenters. The molecule has 26 heavy (non-hydrogen) atoms. The quantitative estimate of drug-likeness (QED) is 0.455. The summed E-state index contributed by atoms with van der Waals surface area (Å²) in [5, 5.41) is 0.715. The smallest absolute Gasteiger partial charge is 0.298 e. The zero-order valence-corrected chi connectivity index (χ0v) is 16.0. The Morgan fingerprint density at radius 1 is 1.27 bits per heavy atom. The third-order valence-electron chi connectivity index (χ3n) is 3.97. The summed E-state index contributed by atoms with van der Waals surface area (Å²) in [6, 6.07) is 16.1. The molecule has 0 spiro atoms. The number of aromatic nitrogens is 2. The molecule has 0 fully saturated rings. The molecular weight excluding hydrogens is 368 g/mol. The Balaban J connectivity index is 1.80. The molecule has 6 nitrogen and oxygen atoms in total. The highest BCUT2D eigenvalue weighted by atomic mass is 32.2. The van der Waals surface area contributed by atoms with Crippen LogP contribution in [0.5, 0.6) is 5.75 Å². The van der Waals surface area contributed by atoms with Crippen molar-refractivity contribution < 1.29 is 9.53 Å². The van der Waals surface area contributed by atoms with Gasteiger partial charge in [-0.3, -0.25) is 4.79 Å². The van der Waals surface area contributed by atoms with Gasteiger partial charge >= 0.3 is 0 Å². The second-order valence-electron chi connectivity index (χ2n) is 5.49. The minimum absolute atomic E-state index is 0.128. The van der Waals surface area contributed by atoms with Crippen LogP contribution in [0.15, 0.2) is 59.8 Å². The fourth-order valence-corrected chi connectivity index (χ4v) is 3.60. The van der Waals surface area contributed by atoms with E-state index in [2.05, 4.69) is 38.0 Å². The lowest BCUT2D eigenvalue weighted by Gasteiger charge is -2.28. The number of benzene rings is 2. The standard InChI is InChI=1S/C18H18N4O2S2/c1-13(14-6-4-3-5-7-14)22(2)16-9-8-15(10-17(16)24-12-23)25-21-18-19-11-20-26-18/h3-13H,1-2H3,(H,19,20,21). The van der Waals surface area contributed by atoms with E-state index in [0.29, 0.717) is 17.4 Å². The lowest BCUT2D eigenvalue weighted by molar-refractivity contribution is -0.120. The highest BCUT2D eigenvalue weighted by Crippen LogP contribution is 2.36. The van der Waals surface area contributed by atoms with Gasteiger partial charge in [0, 0.05) is 23.5 Å². The Bertz CT molecular complexity index is 844. The van der Waals surface area contributed by atoms with Crippen molar-refractivity contribution in [2.75, 3.05) is 16.7 Å². The van der Waals surface area contributed by atoms with Crippen molar-refractivity contribution >= 4 is 40.8 Å². The molecule has 134 valence electrons. The van der Waals surface area contributed by atoms with E-state index in [-0.39, 0.29) is 6.04 Å². The van der Waals surface area contributed by atoms with Gasteiger partial charge in [0.15, 0.2) is 5.75 Å². The van der Waals surface area contributed by atoms with E-state index in [1.165, 1.54) is 35.4 Å². The first kappa shape index (κ1) is 18.2. The van der Waals surface area contributed by atoms with Crippen LogP contribution in [0.2, 0.25) is 0 Å². The van der Waals surface area contributed by atoms with Crippen molar-refractivity contribution in [2.24, 2.45) is 0 Å². The van der Waals surface area contributed by atoms with Crippen molar-refractivity contribution in [1.29, 1.82) is 0 Å². The lowest BCUT2D eigenvalue weighted by atomic mass is 10.1. The lowest BCUT2D eigenvalue weighted by Crippen LogP contribution is -2.22. The zero-order chi connectivity index (χ0) is 18.4. The summed E-state index contributed by atoms with van der Waals surface area (Å²) < 4.78 is 12.3. The Labute approximate surface area is 160 Å². The van der Waals surface area contributed by atoms with E-state index in [0.717, 1.165) is 10.6 Å². The fourth-order valence-electron chi connectivity index (χ4n) is 2.48. The molecule has 0 aliphatic rings. The number of carbonyl (C=O) groups is 1. The highest BCUT2D eigenvalue weighted by molar-refractivity contribution is 8.00. The molecule has 0 aliphatic heterocycles. The molecule has 1 atom stereocenters. The second kappa shape index (κ2) is 8.68. The Morgan fingerprint density at radius 2 is 2.08 bits per heavy atom. The molecule has 0 bridgehead atoms. The molecule has 1 N–H and O–H groups in total. The molecule has 8 heteroatoms. The average molecular weight is 387 g/mol. The first-order valence-electron chi connectivity index (χ1n) is 7.90. The number of carbonyl (C=O) groups excluding carboxylic acids is 1. The molecular formula is C18H18N4O2S2. The Hall–Kier alpha value is -2.58. The topological polar surface area (TPSA) is 67.3 Å². The first-order valence-corrected chi connectivity index (χ1v) is 9.49. The van der Waals surface area contributed by atoms with E-state index in [1.54, 1.807) is 0 Å². The predicted octanol–water partition coefficient (Wildman–Crippen LogP) is 4.39. The maximum Gasteiger partial charge on any atom is 0.298 e. The predicted molar refractivity (Wildman–Crippen MR) is 106 cm³/mol. The molecule has 0 aliphatic carbocycles. The number of hydrogen-bond acceptors (Lipinski definition) is 8. The van der Waals surface area contributed by atoms with Crippen LogP contribution < -0.4 is 14.4 Å². The number of anilines is 2. The zero-order valence-electron chi connectivity index (χ0n) is 14.3. The monoisotopic (exact) mass is 386 g/mol. The molecule has 1 aromatic heterocycles. The van der Waals surface area contributed by atoms with Gasteiger partial charge in [-0.05, 0) is 42.6 Å². The van der Waals surface area contributed by atoms with Gasteiger partial charge in [0.1, 0.15) is 6.33 Å². The van der Waals surface area contributed by atoms with Crippen LogP contribution in [0.1, 0.15) is 18.5 Å². The van der Waals surface area contributed by atoms with Gasteiger partial charge in [-0.1, -0.05) is 30.3 Å². The van der Waals surface area contributed by atoms with Gasteiger partial charge in [-0.2, -0.15) is 4.37 Å². The van der Waals surface area contributed by atoms with Gasteiger partial charge in [-0.25, -0.2) is 4.98 Å². The summed E-state index contributed by atoms with van der Waals surface area (Å²) in [6.07, 6.45) is 1.50. The average Bonchev–Trinajstić information content (AvgIpc) is 3.20. The number of nitrogens with one attached hydrogen (secondary N) is 1. The number of nitrogens with zero attached hydrogens (tertiary/aromatic N) is 3. The number of rotatable bonds is 8. The summed E-state index contributed by atoms with van der Waals surface area (Å²) >= 11 is 2.66. The molecule has 0 amide bonds. The van der Waals surface area contributed by atoms with Crippen LogP contribution >= 0.6 is 23.5 Å². The van der Waals surface area contributed by atoms with E-state index in [1.807, 2.05) is 43.4 Å². The van der Waals surface area contributed by atoms with Crippen molar-refractivity contribution in [1.82, 2.24) is 9.36 Å². The Kier molecular flexibility index (Phi) is 6.08. The van der Waals surface area contributed by atoms with Crippen molar-refractivity contribution in [2.45, 2.75) is 17.9 Å². The third-order valence-corrected chi connectivity index (χ3v) is 5.46. The number of ether oxygens (including phenoxy) is 1. The summed E-state index contributed by atoms with van der Waals surface area (Å²) in [4.78, 5) is 18.0. The van der Waals surface area contributed by atoms with E-state index in [4.69, 9.17) is 4.74 Å². The van der Waals surface area contributed by atoms with E-state index >= 15 is 0 Å². The third kappa shape index (κ3) is 4.33. The summed E-state index contributed by atoms with van der Waals surface area (Å²) in [5.74, 6) is 0.509. The normalized spacial score (nSPS) is 11.6. The molecule has 0 radical (unpaired) electrons. The largest absolute Gasteiger partial charge is 0.426 e. The van der Waals surface area contributed by atoms with Gasteiger partial charge in [0.05, 0.1) is 11.7 Å². The molecule has 1 heterocycles.